The first-order valence-corrected chi connectivity index (χ1v) is 8.21. The number of piperidine rings is 1. The summed E-state index contributed by atoms with van der Waals surface area (Å²) in [5, 5.41) is 0. The van der Waals surface area contributed by atoms with Gasteiger partial charge >= 0.3 is 0 Å². The molecule has 0 unspecified atom stereocenters. The topological polar surface area (TPSA) is 55.6 Å². The highest BCUT2D eigenvalue weighted by Crippen LogP contribution is 2.29. The lowest BCUT2D eigenvalue weighted by Gasteiger charge is -2.40. The van der Waals surface area contributed by atoms with Crippen LogP contribution >= 0.6 is 12.4 Å². The van der Waals surface area contributed by atoms with E-state index >= 15 is 0 Å². The van der Waals surface area contributed by atoms with Crippen molar-refractivity contribution in [1.29, 1.82) is 0 Å². The van der Waals surface area contributed by atoms with Crippen LogP contribution in [0.5, 0.6) is 0 Å². The molecule has 1 saturated carbocycles. The van der Waals surface area contributed by atoms with Gasteiger partial charge in [0, 0.05) is 19.7 Å². The van der Waals surface area contributed by atoms with Crippen LogP contribution < -0.4 is 5.73 Å². The number of likely N-dealkylation sites (tertiary alicyclic amines) is 1. The first kappa shape index (κ1) is 18.7. The predicted octanol–water partition coefficient (Wildman–Crippen LogP) is 2.73. The summed E-state index contributed by atoms with van der Waals surface area (Å²) in [4.78, 5) is 14.6. The van der Waals surface area contributed by atoms with E-state index in [4.69, 9.17) is 10.5 Å². The van der Waals surface area contributed by atoms with Gasteiger partial charge in [0.1, 0.15) is 0 Å². The van der Waals surface area contributed by atoms with E-state index < -0.39 is 5.54 Å². The van der Waals surface area contributed by atoms with E-state index in [1.54, 1.807) is 0 Å². The van der Waals surface area contributed by atoms with Crippen LogP contribution in [0.4, 0.5) is 0 Å². The molecule has 1 aliphatic heterocycles. The Bertz CT molecular complexity index is 322. The standard InChI is InChI=1S/C16H30N2O2.ClH/c1-13(2)12-20-14-6-10-18(11-7-14)15(19)16(17)8-4-3-5-9-16;/h13-14H,3-12,17H2,1-2H3;1H. The van der Waals surface area contributed by atoms with Crippen molar-refractivity contribution in [2.24, 2.45) is 11.7 Å². The van der Waals surface area contributed by atoms with E-state index in [2.05, 4.69) is 13.8 Å². The van der Waals surface area contributed by atoms with Crippen LogP contribution in [0.3, 0.4) is 0 Å². The van der Waals surface area contributed by atoms with Crippen molar-refractivity contribution in [3.05, 3.63) is 0 Å². The smallest absolute Gasteiger partial charge is 0.242 e. The molecule has 1 aliphatic carbocycles. The summed E-state index contributed by atoms with van der Waals surface area (Å²) in [7, 11) is 0. The molecule has 2 rings (SSSR count). The average molecular weight is 319 g/mol. The third-order valence-corrected chi connectivity index (χ3v) is 4.57. The molecule has 0 spiro atoms. The summed E-state index contributed by atoms with van der Waals surface area (Å²) in [5.41, 5.74) is 5.76. The fraction of sp³-hybridized carbons (Fsp3) is 0.938. The second-order valence-electron chi connectivity index (χ2n) is 6.94. The minimum absolute atomic E-state index is 0. The third kappa shape index (κ3) is 5.11. The fourth-order valence-electron chi connectivity index (χ4n) is 3.27. The fourth-order valence-corrected chi connectivity index (χ4v) is 3.27. The molecular weight excluding hydrogens is 288 g/mol. The number of ether oxygens (including phenoxy) is 1. The van der Waals surface area contributed by atoms with Crippen molar-refractivity contribution < 1.29 is 9.53 Å². The Morgan fingerprint density at radius 2 is 1.81 bits per heavy atom. The molecule has 5 heteroatoms. The highest BCUT2D eigenvalue weighted by molar-refractivity contribution is 5.86. The first-order valence-electron chi connectivity index (χ1n) is 8.21. The molecule has 4 nitrogen and oxygen atoms in total. The molecule has 124 valence electrons. The number of nitrogens with zero attached hydrogens (tertiary/aromatic N) is 1. The second-order valence-corrected chi connectivity index (χ2v) is 6.94. The largest absolute Gasteiger partial charge is 0.378 e. The van der Waals surface area contributed by atoms with Gasteiger partial charge < -0.3 is 15.4 Å². The van der Waals surface area contributed by atoms with Crippen molar-refractivity contribution in [1.82, 2.24) is 4.90 Å². The molecule has 0 aromatic rings. The van der Waals surface area contributed by atoms with E-state index in [0.717, 1.165) is 58.2 Å². The monoisotopic (exact) mass is 318 g/mol. The molecule has 0 bridgehead atoms. The highest BCUT2D eigenvalue weighted by atomic mass is 35.5. The zero-order chi connectivity index (χ0) is 14.6. The van der Waals surface area contributed by atoms with Crippen molar-refractivity contribution in [3.8, 4) is 0 Å². The Morgan fingerprint density at radius 1 is 1.24 bits per heavy atom. The van der Waals surface area contributed by atoms with E-state index in [1.807, 2.05) is 4.90 Å². The van der Waals surface area contributed by atoms with Gasteiger partial charge in [-0.05, 0) is 31.6 Å². The molecular formula is C16H31ClN2O2. The van der Waals surface area contributed by atoms with Gasteiger partial charge in [-0.1, -0.05) is 33.1 Å². The summed E-state index contributed by atoms with van der Waals surface area (Å²) in [6, 6.07) is 0. The zero-order valence-corrected chi connectivity index (χ0v) is 14.3. The number of nitrogens with two attached hydrogens (primary N) is 1. The molecule has 0 atom stereocenters. The highest BCUT2D eigenvalue weighted by Gasteiger charge is 2.39. The summed E-state index contributed by atoms with van der Waals surface area (Å²) in [6.45, 7) is 6.76. The van der Waals surface area contributed by atoms with Gasteiger partial charge in [-0.3, -0.25) is 4.79 Å². The molecule has 2 fully saturated rings. The lowest BCUT2D eigenvalue weighted by molar-refractivity contribution is -0.141. The quantitative estimate of drug-likeness (QED) is 0.867. The molecule has 1 amide bonds. The predicted molar refractivity (Wildman–Crippen MR) is 87.6 cm³/mol. The van der Waals surface area contributed by atoms with Crippen molar-refractivity contribution in [2.75, 3.05) is 19.7 Å². The third-order valence-electron chi connectivity index (χ3n) is 4.57. The number of hydrogen-bond donors (Lipinski definition) is 1. The summed E-state index contributed by atoms with van der Waals surface area (Å²) < 4.78 is 5.87. The maximum atomic E-state index is 12.6. The summed E-state index contributed by atoms with van der Waals surface area (Å²) in [5.74, 6) is 0.753. The Morgan fingerprint density at radius 3 is 2.33 bits per heavy atom. The molecule has 1 saturated heterocycles. The van der Waals surface area contributed by atoms with Gasteiger partial charge in [0.15, 0.2) is 0 Å². The lowest BCUT2D eigenvalue weighted by Crippen LogP contribution is -2.58. The lowest BCUT2D eigenvalue weighted by atomic mass is 9.81. The Hall–Kier alpha value is -0.320. The number of carbonyl (C=O) groups excluding carboxylic acids is 1. The Labute approximate surface area is 135 Å². The Kier molecular flexibility index (Phi) is 7.45. The van der Waals surface area contributed by atoms with Gasteiger partial charge in [0.2, 0.25) is 5.91 Å². The van der Waals surface area contributed by atoms with E-state index in [0.29, 0.717) is 12.0 Å². The molecule has 0 aromatic carbocycles. The van der Waals surface area contributed by atoms with E-state index in [9.17, 15) is 4.79 Å². The van der Waals surface area contributed by atoms with E-state index in [-0.39, 0.29) is 18.3 Å². The van der Waals surface area contributed by atoms with E-state index in [1.165, 1.54) is 6.42 Å². The minimum atomic E-state index is -0.579. The SMILES string of the molecule is CC(C)COC1CCN(C(=O)C2(N)CCCCC2)CC1.Cl. The number of hydrogen-bond acceptors (Lipinski definition) is 3. The average Bonchev–Trinajstić information content (AvgIpc) is 2.45. The molecule has 2 N–H and O–H groups in total. The van der Waals surface area contributed by atoms with Crippen molar-refractivity contribution in [3.63, 3.8) is 0 Å². The van der Waals surface area contributed by atoms with Crippen molar-refractivity contribution >= 4 is 18.3 Å². The molecule has 21 heavy (non-hydrogen) atoms. The van der Waals surface area contributed by atoms with Crippen LogP contribution in [-0.2, 0) is 9.53 Å². The van der Waals surface area contributed by atoms with Crippen LogP contribution in [0.25, 0.3) is 0 Å². The van der Waals surface area contributed by atoms with Crippen LogP contribution in [-0.4, -0.2) is 42.1 Å². The van der Waals surface area contributed by atoms with Crippen LogP contribution in [0.2, 0.25) is 0 Å². The van der Waals surface area contributed by atoms with Crippen LogP contribution in [0.1, 0.15) is 58.8 Å². The zero-order valence-electron chi connectivity index (χ0n) is 13.5. The van der Waals surface area contributed by atoms with Gasteiger partial charge in [-0.2, -0.15) is 0 Å². The molecule has 1 heterocycles. The Balaban J connectivity index is 0.00000220. The maximum Gasteiger partial charge on any atom is 0.242 e. The molecule has 0 aromatic heterocycles. The summed E-state index contributed by atoms with van der Waals surface area (Å²) in [6.07, 6.45) is 7.35. The van der Waals surface area contributed by atoms with Gasteiger partial charge in [-0.15, -0.1) is 12.4 Å². The van der Waals surface area contributed by atoms with Crippen LogP contribution in [0.15, 0.2) is 0 Å². The molecule has 0 radical (unpaired) electrons. The number of amides is 1. The van der Waals surface area contributed by atoms with Crippen molar-refractivity contribution in [2.45, 2.75) is 70.4 Å². The summed E-state index contributed by atoms with van der Waals surface area (Å²) >= 11 is 0. The molecule has 2 aliphatic rings. The number of carbonyl (C=O) groups is 1. The second kappa shape index (κ2) is 8.35. The minimum Gasteiger partial charge on any atom is -0.378 e. The maximum absolute atomic E-state index is 12.6. The van der Waals surface area contributed by atoms with Crippen LogP contribution in [0, 0.1) is 5.92 Å². The van der Waals surface area contributed by atoms with Gasteiger partial charge in [-0.25, -0.2) is 0 Å². The number of halogens is 1. The number of rotatable bonds is 4. The normalized spacial score (nSPS) is 23.0. The first-order chi connectivity index (χ1) is 9.51. The van der Waals surface area contributed by atoms with Gasteiger partial charge in [0.05, 0.1) is 11.6 Å². The van der Waals surface area contributed by atoms with Gasteiger partial charge in [0.25, 0.3) is 0 Å².